The summed E-state index contributed by atoms with van der Waals surface area (Å²) in [5.74, 6) is -1.49. The minimum atomic E-state index is -5.08. The van der Waals surface area contributed by atoms with E-state index in [9.17, 15) is 18.0 Å². The fraction of sp³-hybridized carbons (Fsp3) is 0.429. The third-order valence-corrected chi connectivity index (χ3v) is 5.45. The Hall–Kier alpha value is -3.01. The van der Waals surface area contributed by atoms with Gasteiger partial charge in [0.1, 0.15) is 0 Å². The zero-order valence-corrected chi connectivity index (χ0v) is 16.9. The van der Waals surface area contributed by atoms with Crippen molar-refractivity contribution in [2.75, 3.05) is 26.2 Å². The maximum absolute atomic E-state index is 12.5. The highest BCUT2D eigenvalue weighted by Gasteiger charge is 2.41. The number of aryl methyl sites for hydroxylation is 1. The normalized spacial score (nSPS) is 20.7. The summed E-state index contributed by atoms with van der Waals surface area (Å²) in [6, 6.07) is 10.5. The van der Waals surface area contributed by atoms with Crippen molar-refractivity contribution >= 4 is 11.9 Å². The summed E-state index contributed by atoms with van der Waals surface area (Å²) < 4.78 is 31.7. The SMILES string of the molecule is Cc1ccc(CN2C[C@@H]3CN(C(=O)c4ccnnc4)C[C@@H]3C2)cc1.O=C(O)C(F)(F)F. The number of hydrogen-bond acceptors (Lipinski definition) is 5. The molecular weight excluding hydrogens is 413 g/mol. The summed E-state index contributed by atoms with van der Waals surface area (Å²) in [7, 11) is 0. The van der Waals surface area contributed by atoms with E-state index in [-0.39, 0.29) is 5.91 Å². The summed E-state index contributed by atoms with van der Waals surface area (Å²) in [4.78, 5) is 25.9. The summed E-state index contributed by atoms with van der Waals surface area (Å²) in [5, 5.41) is 14.7. The first-order chi connectivity index (χ1) is 14.6. The lowest BCUT2D eigenvalue weighted by atomic mass is 10.0. The molecule has 0 saturated carbocycles. The van der Waals surface area contributed by atoms with Crippen LogP contribution in [-0.4, -0.2) is 69.3 Å². The Labute approximate surface area is 177 Å². The number of carboxylic acid groups (broad SMARTS) is 1. The van der Waals surface area contributed by atoms with E-state index >= 15 is 0 Å². The van der Waals surface area contributed by atoms with Gasteiger partial charge in [0.15, 0.2) is 0 Å². The van der Waals surface area contributed by atoms with Gasteiger partial charge in [-0.15, -0.1) is 0 Å². The molecule has 2 aliphatic heterocycles. The van der Waals surface area contributed by atoms with Gasteiger partial charge in [-0.25, -0.2) is 4.79 Å². The number of hydrogen-bond donors (Lipinski definition) is 1. The average Bonchev–Trinajstić information content (AvgIpc) is 3.28. The molecule has 166 valence electrons. The lowest BCUT2D eigenvalue weighted by molar-refractivity contribution is -0.192. The molecule has 3 heterocycles. The maximum Gasteiger partial charge on any atom is 0.490 e. The molecule has 0 unspecified atom stereocenters. The molecule has 1 N–H and O–H groups in total. The van der Waals surface area contributed by atoms with Crippen molar-refractivity contribution in [3.05, 3.63) is 59.4 Å². The molecule has 2 aliphatic rings. The van der Waals surface area contributed by atoms with E-state index < -0.39 is 12.1 Å². The number of carbonyl (C=O) groups excluding carboxylic acids is 1. The number of carbonyl (C=O) groups is 2. The van der Waals surface area contributed by atoms with Crippen molar-refractivity contribution in [2.24, 2.45) is 11.8 Å². The molecule has 2 aromatic rings. The molecule has 10 heteroatoms. The standard InChI is InChI=1S/C19H22N4O.C2HF3O2/c1-14-2-4-15(5-3-14)9-22-10-17-12-23(13-18(17)11-22)19(24)16-6-7-20-21-8-16;3-2(4,5)1(6)7/h2-8,17-18H,9-13H2,1H3;(H,6,7)/t17-,18+;. The number of rotatable bonds is 3. The minimum Gasteiger partial charge on any atom is -0.475 e. The monoisotopic (exact) mass is 436 g/mol. The highest BCUT2D eigenvalue weighted by molar-refractivity contribution is 5.94. The topological polar surface area (TPSA) is 86.6 Å². The third kappa shape index (κ3) is 6.00. The number of nitrogens with zero attached hydrogens (tertiary/aromatic N) is 4. The second-order valence-corrected chi connectivity index (χ2v) is 7.84. The predicted octanol–water partition coefficient (Wildman–Crippen LogP) is 2.62. The van der Waals surface area contributed by atoms with Gasteiger partial charge in [-0.2, -0.15) is 23.4 Å². The van der Waals surface area contributed by atoms with Crippen molar-refractivity contribution in [1.82, 2.24) is 20.0 Å². The van der Waals surface area contributed by atoms with E-state index in [0.29, 0.717) is 17.4 Å². The molecule has 7 nitrogen and oxygen atoms in total. The van der Waals surface area contributed by atoms with Crippen LogP contribution in [0.3, 0.4) is 0 Å². The highest BCUT2D eigenvalue weighted by Crippen LogP contribution is 2.32. The van der Waals surface area contributed by atoms with Crippen molar-refractivity contribution in [2.45, 2.75) is 19.6 Å². The van der Waals surface area contributed by atoms with Crippen LogP contribution in [0, 0.1) is 18.8 Å². The molecule has 31 heavy (non-hydrogen) atoms. The van der Waals surface area contributed by atoms with Crippen LogP contribution >= 0.6 is 0 Å². The molecule has 2 fully saturated rings. The number of benzene rings is 1. The van der Waals surface area contributed by atoms with Gasteiger partial charge in [0, 0.05) is 32.7 Å². The van der Waals surface area contributed by atoms with Crippen molar-refractivity contribution in [3.8, 4) is 0 Å². The van der Waals surface area contributed by atoms with Gasteiger partial charge in [-0.1, -0.05) is 29.8 Å². The lowest BCUT2D eigenvalue weighted by Gasteiger charge is -2.21. The van der Waals surface area contributed by atoms with Gasteiger partial charge in [-0.3, -0.25) is 9.69 Å². The van der Waals surface area contributed by atoms with E-state index in [1.54, 1.807) is 18.5 Å². The number of alkyl halides is 3. The minimum absolute atomic E-state index is 0.0874. The molecule has 0 spiro atoms. The molecule has 1 aromatic heterocycles. The second kappa shape index (κ2) is 9.42. The predicted molar refractivity (Wildman–Crippen MR) is 105 cm³/mol. The Morgan fingerprint density at radius 2 is 1.61 bits per heavy atom. The molecule has 1 amide bonds. The van der Waals surface area contributed by atoms with Gasteiger partial charge < -0.3 is 10.0 Å². The number of amides is 1. The third-order valence-electron chi connectivity index (χ3n) is 5.45. The molecule has 2 saturated heterocycles. The van der Waals surface area contributed by atoms with E-state index in [1.807, 2.05) is 4.90 Å². The maximum atomic E-state index is 12.5. The summed E-state index contributed by atoms with van der Waals surface area (Å²) in [5.41, 5.74) is 3.31. The summed E-state index contributed by atoms with van der Waals surface area (Å²) in [6.07, 6.45) is -1.95. The van der Waals surface area contributed by atoms with Crippen LogP contribution in [0.15, 0.2) is 42.7 Å². The van der Waals surface area contributed by atoms with Gasteiger partial charge in [-0.05, 0) is 30.4 Å². The molecule has 0 radical (unpaired) electrons. The van der Waals surface area contributed by atoms with Gasteiger partial charge in [0.2, 0.25) is 0 Å². The number of aliphatic carboxylic acids is 1. The fourth-order valence-electron chi connectivity index (χ4n) is 3.94. The van der Waals surface area contributed by atoms with Crippen LogP contribution in [0.1, 0.15) is 21.5 Å². The van der Waals surface area contributed by atoms with Crippen LogP contribution < -0.4 is 0 Å². The van der Waals surface area contributed by atoms with E-state index in [0.717, 1.165) is 32.7 Å². The van der Waals surface area contributed by atoms with Crippen LogP contribution in [-0.2, 0) is 11.3 Å². The van der Waals surface area contributed by atoms with Crippen LogP contribution in [0.4, 0.5) is 13.2 Å². The number of likely N-dealkylation sites (tertiary alicyclic amines) is 2. The molecule has 4 rings (SSSR count). The van der Waals surface area contributed by atoms with E-state index in [4.69, 9.17) is 9.90 Å². The zero-order valence-electron chi connectivity index (χ0n) is 16.9. The Morgan fingerprint density at radius 3 is 2.10 bits per heavy atom. The highest BCUT2D eigenvalue weighted by atomic mass is 19.4. The van der Waals surface area contributed by atoms with Crippen molar-refractivity contribution in [1.29, 1.82) is 0 Å². The Balaban J connectivity index is 0.000000339. The van der Waals surface area contributed by atoms with Gasteiger partial charge >= 0.3 is 12.1 Å². The average molecular weight is 436 g/mol. The Kier molecular flexibility index (Phi) is 6.89. The smallest absolute Gasteiger partial charge is 0.475 e. The van der Waals surface area contributed by atoms with Crippen LogP contribution in [0.25, 0.3) is 0 Å². The first-order valence-corrected chi connectivity index (χ1v) is 9.77. The number of carboxylic acids is 1. The van der Waals surface area contributed by atoms with Crippen LogP contribution in [0.5, 0.6) is 0 Å². The van der Waals surface area contributed by atoms with Crippen molar-refractivity contribution < 1.29 is 27.9 Å². The number of halogens is 3. The van der Waals surface area contributed by atoms with Gasteiger partial charge in [0.05, 0.1) is 18.0 Å². The first-order valence-electron chi connectivity index (χ1n) is 9.77. The molecule has 0 aliphatic carbocycles. The molecule has 1 aromatic carbocycles. The number of aromatic nitrogens is 2. The van der Waals surface area contributed by atoms with Crippen molar-refractivity contribution in [3.63, 3.8) is 0 Å². The number of fused-ring (bicyclic) bond motifs is 1. The molecular formula is C21H23F3N4O3. The lowest BCUT2D eigenvalue weighted by Crippen LogP contribution is -2.33. The summed E-state index contributed by atoms with van der Waals surface area (Å²) >= 11 is 0. The summed E-state index contributed by atoms with van der Waals surface area (Å²) in [6.45, 7) is 7.00. The van der Waals surface area contributed by atoms with E-state index in [1.165, 1.54) is 11.1 Å². The Bertz CT molecular complexity index is 892. The van der Waals surface area contributed by atoms with E-state index in [2.05, 4.69) is 46.3 Å². The second-order valence-electron chi connectivity index (χ2n) is 7.84. The fourth-order valence-corrected chi connectivity index (χ4v) is 3.94. The largest absolute Gasteiger partial charge is 0.490 e. The quantitative estimate of drug-likeness (QED) is 0.796. The molecule has 2 atom stereocenters. The Morgan fingerprint density at radius 1 is 1.03 bits per heavy atom. The zero-order chi connectivity index (χ0) is 22.6. The molecule has 0 bridgehead atoms. The first kappa shape index (κ1) is 22.7. The van der Waals surface area contributed by atoms with Crippen LogP contribution in [0.2, 0.25) is 0 Å². The van der Waals surface area contributed by atoms with Gasteiger partial charge in [0.25, 0.3) is 5.91 Å².